The van der Waals surface area contributed by atoms with Gasteiger partial charge in [-0.15, -0.1) is 23.5 Å². The van der Waals surface area contributed by atoms with Crippen LogP contribution in [-0.4, -0.2) is 16.6 Å². The Balaban J connectivity index is 2.30. The summed E-state index contributed by atoms with van der Waals surface area (Å²) in [6, 6.07) is 4.03. The van der Waals surface area contributed by atoms with E-state index < -0.39 is 0 Å². The van der Waals surface area contributed by atoms with Crippen molar-refractivity contribution in [2.45, 2.75) is 24.9 Å². The first kappa shape index (κ1) is 11.2. The molecule has 0 aromatic heterocycles. The lowest BCUT2D eigenvalue weighted by Gasteiger charge is -2.22. The summed E-state index contributed by atoms with van der Waals surface area (Å²) in [5.41, 5.74) is 3.55. The molecule has 1 aliphatic heterocycles. The third-order valence-corrected chi connectivity index (χ3v) is 5.70. The molecule has 1 fully saturated rings. The summed E-state index contributed by atoms with van der Waals surface area (Å²) < 4.78 is 0.429. The maximum Gasteiger partial charge on any atom is 0.121 e. The maximum atomic E-state index is 9.94. The summed E-state index contributed by atoms with van der Waals surface area (Å²) in [7, 11) is 0. The van der Waals surface area contributed by atoms with Crippen molar-refractivity contribution in [3.63, 3.8) is 0 Å². The Kier molecular flexibility index (Phi) is 3.52. The van der Waals surface area contributed by atoms with Crippen LogP contribution in [0.3, 0.4) is 0 Å². The summed E-state index contributed by atoms with van der Waals surface area (Å²) in [6.45, 7) is 4.15. The lowest BCUT2D eigenvalue weighted by atomic mass is 10.1. The van der Waals surface area contributed by atoms with Crippen molar-refractivity contribution in [3.8, 4) is 5.75 Å². The van der Waals surface area contributed by atoms with E-state index in [2.05, 4.69) is 13.0 Å². The van der Waals surface area contributed by atoms with E-state index in [4.69, 9.17) is 0 Å². The van der Waals surface area contributed by atoms with E-state index in [9.17, 15) is 5.11 Å². The Morgan fingerprint density at radius 2 is 1.73 bits per heavy atom. The Labute approximate surface area is 99.7 Å². The Morgan fingerprint density at radius 3 is 2.40 bits per heavy atom. The molecule has 0 radical (unpaired) electrons. The number of aromatic hydroxyl groups is 1. The molecular formula is C12H16OS2. The number of aryl methyl sites for hydroxylation is 2. The molecule has 0 amide bonds. The van der Waals surface area contributed by atoms with E-state index in [0.29, 0.717) is 10.3 Å². The molecule has 2 rings (SSSR count). The van der Waals surface area contributed by atoms with Crippen LogP contribution in [0.2, 0.25) is 0 Å². The van der Waals surface area contributed by atoms with Gasteiger partial charge in [0, 0.05) is 5.56 Å². The van der Waals surface area contributed by atoms with Crippen molar-refractivity contribution >= 4 is 23.5 Å². The molecule has 0 bridgehead atoms. The summed E-state index contributed by atoms with van der Waals surface area (Å²) in [5.74, 6) is 2.89. The van der Waals surface area contributed by atoms with Gasteiger partial charge in [0.2, 0.25) is 0 Å². The molecule has 0 saturated carbocycles. The fourth-order valence-corrected chi connectivity index (χ4v) is 4.61. The first-order valence-corrected chi connectivity index (χ1v) is 7.31. The number of phenols is 1. The highest BCUT2D eigenvalue weighted by Gasteiger charge is 2.20. The van der Waals surface area contributed by atoms with Crippen LogP contribution in [0.15, 0.2) is 12.1 Å². The van der Waals surface area contributed by atoms with Crippen LogP contribution in [0, 0.1) is 13.8 Å². The molecule has 1 aromatic carbocycles. The van der Waals surface area contributed by atoms with E-state index in [1.54, 1.807) is 0 Å². The number of rotatable bonds is 1. The fraction of sp³-hybridized carbons (Fsp3) is 0.500. The van der Waals surface area contributed by atoms with Gasteiger partial charge < -0.3 is 5.11 Å². The standard InChI is InChI=1S/C12H16OS2/c1-8-6-10(11(13)7-9(8)2)12-14-4-3-5-15-12/h6-7,12-13H,3-5H2,1-2H3. The minimum atomic E-state index is 0.429. The molecule has 82 valence electrons. The first-order valence-electron chi connectivity index (χ1n) is 5.22. The van der Waals surface area contributed by atoms with Gasteiger partial charge in [-0.05, 0) is 49.0 Å². The number of hydrogen-bond acceptors (Lipinski definition) is 3. The molecule has 1 N–H and O–H groups in total. The molecule has 1 saturated heterocycles. The second-order valence-corrected chi connectivity index (χ2v) is 6.65. The van der Waals surface area contributed by atoms with Crippen molar-refractivity contribution in [3.05, 3.63) is 28.8 Å². The average Bonchev–Trinajstić information content (AvgIpc) is 2.25. The SMILES string of the molecule is Cc1cc(O)c(C2SCCCS2)cc1C. The van der Waals surface area contributed by atoms with Gasteiger partial charge in [-0.2, -0.15) is 0 Å². The number of benzene rings is 1. The highest BCUT2D eigenvalue weighted by atomic mass is 32.2. The second-order valence-electron chi connectivity index (χ2n) is 3.92. The molecule has 1 aliphatic rings. The van der Waals surface area contributed by atoms with E-state index in [1.807, 2.05) is 36.5 Å². The minimum Gasteiger partial charge on any atom is -0.508 e. The van der Waals surface area contributed by atoms with E-state index in [0.717, 1.165) is 5.56 Å². The number of hydrogen-bond donors (Lipinski definition) is 1. The van der Waals surface area contributed by atoms with Crippen LogP contribution in [0.4, 0.5) is 0 Å². The van der Waals surface area contributed by atoms with Crippen LogP contribution in [0.25, 0.3) is 0 Å². The van der Waals surface area contributed by atoms with Gasteiger partial charge in [0.1, 0.15) is 5.75 Å². The number of thioether (sulfide) groups is 2. The van der Waals surface area contributed by atoms with Crippen LogP contribution < -0.4 is 0 Å². The maximum absolute atomic E-state index is 9.94. The smallest absolute Gasteiger partial charge is 0.121 e. The third-order valence-electron chi connectivity index (χ3n) is 2.72. The summed E-state index contributed by atoms with van der Waals surface area (Å²) >= 11 is 3.90. The molecule has 15 heavy (non-hydrogen) atoms. The summed E-state index contributed by atoms with van der Waals surface area (Å²) in [4.78, 5) is 0. The Morgan fingerprint density at radius 1 is 1.13 bits per heavy atom. The molecule has 0 atom stereocenters. The summed E-state index contributed by atoms with van der Waals surface area (Å²) in [6.07, 6.45) is 1.29. The van der Waals surface area contributed by atoms with E-state index in [-0.39, 0.29) is 0 Å². The van der Waals surface area contributed by atoms with Gasteiger partial charge in [-0.25, -0.2) is 0 Å². The third kappa shape index (κ3) is 2.45. The first-order chi connectivity index (χ1) is 7.18. The molecule has 0 spiro atoms. The lowest BCUT2D eigenvalue weighted by Crippen LogP contribution is -2.01. The second kappa shape index (κ2) is 4.71. The zero-order valence-electron chi connectivity index (χ0n) is 9.12. The average molecular weight is 240 g/mol. The predicted octanol–water partition coefficient (Wildman–Crippen LogP) is 3.88. The van der Waals surface area contributed by atoms with Crippen molar-refractivity contribution in [2.24, 2.45) is 0 Å². The van der Waals surface area contributed by atoms with Gasteiger partial charge >= 0.3 is 0 Å². The van der Waals surface area contributed by atoms with Crippen molar-refractivity contribution in [1.82, 2.24) is 0 Å². The largest absolute Gasteiger partial charge is 0.508 e. The van der Waals surface area contributed by atoms with Crippen LogP contribution in [0.5, 0.6) is 5.75 Å². The molecule has 1 aromatic rings. The van der Waals surface area contributed by atoms with Crippen LogP contribution in [-0.2, 0) is 0 Å². The fourth-order valence-electron chi connectivity index (χ4n) is 1.68. The Hall–Kier alpha value is -0.280. The van der Waals surface area contributed by atoms with Crippen molar-refractivity contribution < 1.29 is 5.11 Å². The molecule has 3 heteroatoms. The van der Waals surface area contributed by atoms with E-state index >= 15 is 0 Å². The topological polar surface area (TPSA) is 20.2 Å². The zero-order chi connectivity index (χ0) is 10.8. The summed E-state index contributed by atoms with van der Waals surface area (Å²) in [5, 5.41) is 9.94. The van der Waals surface area contributed by atoms with Gasteiger partial charge in [0.15, 0.2) is 0 Å². The highest BCUT2D eigenvalue weighted by Crippen LogP contribution is 2.46. The van der Waals surface area contributed by atoms with Crippen molar-refractivity contribution in [2.75, 3.05) is 11.5 Å². The molecular weight excluding hydrogens is 224 g/mol. The van der Waals surface area contributed by atoms with Gasteiger partial charge in [0.05, 0.1) is 4.58 Å². The van der Waals surface area contributed by atoms with Gasteiger partial charge in [-0.1, -0.05) is 6.07 Å². The number of phenolic OH excluding ortho intramolecular Hbond substituents is 1. The monoisotopic (exact) mass is 240 g/mol. The van der Waals surface area contributed by atoms with Crippen LogP contribution >= 0.6 is 23.5 Å². The van der Waals surface area contributed by atoms with E-state index in [1.165, 1.54) is 29.1 Å². The predicted molar refractivity (Wildman–Crippen MR) is 69.9 cm³/mol. The van der Waals surface area contributed by atoms with Gasteiger partial charge in [0.25, 0.3) is 0 Å². The molecule has 0 unspecified atom stereocenters. The Bertz CT molecular complexity index is 357. The molecule has 0 aliphatic carbocycles. The van der Waals surface area contributed by atoms with Crippen molar-refractivity contribution in [1.29, 1.82) is 0 Å². The molecule has 1 nitrogen and oxygen atoms in total. The quantitative estimate of drug-likeness (QED) is 0.804. The van der Waals surface area contributed by atoms with Gasteiger partial charge in [-0.3, -0.25) is 0 Å². The molecule has 1 heterocycles. The zero-order valence-corrected chi connectivity index (χ0v) is 10.8. The van der Waals surface area contributed by atoms with Crippen LogP contribution in [0.1, 0.15) is 27.7 Å². The lowest BCUT2D eigenvalue weighted by molar-refractivity contribution is 0.469. The minimum absolute atomic E-state index is 0.429. The highest BCUT2D eigenvalue weighted by molar-refractivity contribution is 8.16. The normalized spacial score (nSPS) is 18.0.